The number of nitrogens with zero attached hydrogens (tertiary/aromatic N) is 5. The van der Waals surface area contributed by atoms with Gasteiger partial charge in [-0.05, 0) is 44.9 Å². The van der Waals surface area contributed by atoms with E-state index in [0.717, 1.165) is 17.0 Å². The number of amides is 1. The van der Waals surface area contributed by atoms with E-state index in [-0.39, 0.29) is 12.2 Å². The SMILES string of the molecule is Cc1c(C2=CCN(C(=O)OC(C)C)CC2)nnn1-c1ccc(F)nc1. The van der Waals surface area contributed by atoms with E-state index in [9.17, 15) is 9.18 Å². The zero-order valence-corrected chi connectivity index (χ0v) is 14.4. The van der Waals surface area contributed by atoms with Crippen LogP contribution in [-0.4, -0.2) is 50.2 Å². The number of hydrogen-bond acceptors (Lipinski definition) is 5. The summed E-state index contributed by atoms with van der Waals surface area (Å²) in [6.45, 7) is 6.61. The summed E-state index contributed by atoms with van der Waals surface area (Å²) in [5.41, 5.74) is 3.31. The number of carbonyl (C=O) groups excluding carboxylic acids is 1. The first-order valence-electron chi connectivity index (χ1n) is 8.15. The molecule has 3 rings (SSSR count). The molecule has 25 heavy (non-hydrogen) atoms. The normalized spacial score (nSPS) is 14.6. The van der Waals surface area contributed by atoms with Gasteiger partial charge in [0.05, 0.1) is 23.7 Å². The average molecular weight is 345 g/mol. The predicted molar refractivity (Wildman–Crippen MR) is 89.6 cm³/mol. The van der Waals surface area contributed by atoms with Crippen molar-refractivity contribution in [2.75, 3.05) is 13.1 Å². The van der Waals surface area contributed by atoms with Gasteiger partial charge in [-0.15, -0.1) is 5.10 Å². The van der Waals surface area contributed by atoms with Gasteiger partial charge in [-0.2, -0.15) is 4.39 Å². The van der Waals surface area contributed by atoms with Gasteiger partial charge in [-0.1, -0.05) is 11.3 Å². The van der Waals surface area contributed by atoms with Gasteiger partial charge in [-0.25, -0.2) is 14.5 Å². The first-order chi connectivity index (χ1) is 12.0. The highest BCUT2D eigenvalue weighted by Crippen LogP contribution is 2.24. The van der Waals surface area contributed by atoms with E-state index in [2.05, 4.69) is 15.3 Å². The topological polar surface area (TPSA) is 73.1 Å². The lowest BCUT2D eigenvalue weighted by Crippen LogP contribution is -2.36. The summed E-state index contributed by atoms with van der Waals surface area (Å²) in [5, 5.41) is 8.39. The van der Waals surface area contributed by atoms with Gasteiger partial charge >= 0.3 is 6.09 Å². The summed E-state index contributed by atoms with van der Waals surface area (Å²) in [4.78, 5) is 17.2. The summed E-state index contributed by atoms with van der Waals surface area (Å²) in [6, 6.07) is 2.89. The molecule has 0 N–H and O–H groups in total. The molecule has 0 spiro atoms. The molecule has 0 fully saturated rings. The van der Waals surface area contributed by atoms with Gasteiger partial charge in [-0.3, -0.25) is 0 Å². The molecule has 0 aromatic carbocycles. The number of hydrogen-bond donors (Lipinski definition) is 0. The molecule has 3 heterocycles. The maximum atomic E-state index is 13.0. The van der Waals surface area contributed by atoms with Crippen LogP contribution in [0, 0.1) is 12.9 Å². The van der Waals surface area contributed by atoms with Crippen LogP contribution in [0.25, 0.3) is 11.3 Å². The number of aromatic nitrogens is 4. The van der Waals surface area contributed by atoms with E-state index >= 15 is 0 Å². The molecule has 132 valence electrons. The minimum absolute atomic E-state index is 0.135. The van der Waals surface area contributed by atoms with Gasteiger partial charge in [0.25, 0.3) is 0 Å². The van der Waals surface area contributed by atoms with Crippen LogP contribution in [0.1, 0.15) is 31.7 Å². The Kier molecular flexibility index (Phi) is 4.78. The average Bonchev–Trinajstić information content (AvgIpc) is 2.97. The number of ether oxygens (including phenoxy) is 1. The van der Waals surface area contributed by atoms with Crippen LogP contribution < -0.4 is 0 Å². The Labute approximate surface area is 145 Å². The van der Waals surface area contributed by atoms with E-state index in [0.29, 0.717) is 25.2 Å². The highest BCUT2D eigenvalue weighted by molar-refractivity contribution is 5.72. The Balaban J connectivity index is 1.76. The summed E-state index contributed by atoms with van der Waals surface area (Å²) in [5.74, 6) is -0.537. The van der Waals surface area contributed by atoms with E-state index in [1.165, 1.54) is 12.3 Å². The van der Waals surface area contributed by atoms with Gasteiger partial charge in [0.2, 0.25) is 5.95 Å². The van der Waals surface area contributed by atoms with Crippen molar-refractivity contribution in [3.05, 3.63) is 41.7 Å². The molecule has 0 atom stereocenters. The van der Waals surface area contributed by atoms with Crippen molar-refractivity contribution in [3.8, 4) is 5.69 Å². The Morgan fingerprint density at radius 3 is 2.76 bits per heavy atom. The molecule has 1 aliphatic heterocycles. The van der Waals surface area contributed by atoms with Crippen molar-refractivity contribution in [1.29, 1.82) is 0 Å². The minimum Gasteiger partial charge on any atom is -0.447 e. The molecule has 7 nitrogen and oxygen atoms in total. The second-order valence-corrected chi connectivity index (χ2v) is 6.13. The van der Waals surface area contributed by atoms with Crippen LogP contribution >= 0.6 is 0 Å². The van der Waals surface area contributed by atoms with Crippen LogP contribution in [0.3, 0.4) is 0 Å². The molecule has 2 aromatic heterocycles. The van der Waals surface area contributed by atoms with Crippen molar-refractivity contribution < 1.29 is 13.9 Å². The lowest BCUT2D eigenvalue weighted by atomic mass is 10.0. The lowest BCUT2D eigenvalue weighted by Gasteiger charge is -2.26. The second kappa shape index (κ2) is 7.00. The fraction of sp³-hybridized carbons (Fsp3) is 0.412. The van der Waals surface area contributed by atoms with Crippen molar-refractivity contribution in [1.82, 2.24) is 24.9 Å². The summed E-state index contributed by atoms with van der Waals surface area (Å²) < 4.78 is 19.8. The van der Waals surface area contributed by atoms with Crippen LogP contribution in [-0.2, 0) is 4.74 Å². The first kappa shape index (κ1) is 17.1. The first-order valence-corrected chi connectivity index (χ1v) is 8.15. The largest absolute Gasteiger partial charge is 0.447 e. The maximum Gasteiger partial charge on any atom is 0.410 e. The molecule has 0 aliphatic carbocycles. The monoisotopic (exact) mass is 345 g/mol. The third-order valence-corrected chi connectivity index (χ3v) is 3.96. The molecule has 2 aromatic rings. The number of carbonyl (C=O) groups is 1. The van der Waals surface area contributed by atoms with Gasteiger partial charge in [0.1, 0.15) is 5.69 Å². The van der Waals surface area contributed by atoms with Crippen LogP contribution in [0.4, 0.5) is 9.18 Å². The van der Waals surface area contributed by atoms with Crippen molar-refractivity contribution in [2.45, 2.75) is 33.3 Å². The van der Waals surface area contributed by atoms with Crippen molar-refractivity contribution >= 4 is 11.7 Å². The van der Waals surface area contributed by atoms with E-state index in [1.54, 1.807) is 15.6 Å². The zero-order chi connectivity index (χ0) is 18.0. The quantitative estimate of drug-likeness (QED) is 0.800. The Morgan fingerprint density at radius 2 is 2.16 bits per heavy atom. The Bertz CT molecular complexity index is 798. The molecular formula is C17H20FN5O2. The van der Waals surface area contributed by atoms with E-state index in [4.69, 9.17) is 4.74 Å². The summed E-state index contributed by atoms with van der Waals surface area (Å²) in [7, 11) is 0. The molecule has 8 heteroatoms. The van der Waals surface area contributed by atoms with Gasteiger partial charge in [0.15, 0.2) is 0 Å². The molecular weight excluding hydrogens is 325 g/mol. The maximum absolute atomic E-state index is 13.0. The highest BCUT2D eigenvalue weighted by Gasteiger charge is 2.22. The van der Waals surface area contributed by atoms with E-state index < -0.39 is 5.95 Å². The Morgan fingerprint density at radius 1 is 1.36 bits per heavy atom. The molecule has 0 bridgehead atoms. The van der Waals surface area contributed by atoms with Crippen molar-refractivity contribution in [2.24, 2.45) is 0 Å². The molecule has 1 amide bonds. The Hall–Kier alpha value is -2.77. The molecule has 0 unspecified atom stereocenters. The van der Waals surface area contributed by atoms with Gasteiger partial charge in [0, 0.05) is 13.1 Å². The predicted octanol–water partition coefficient (Wildman–Crippen LogP) is 2.74. The fourth-order valence-electron chi connectivity index (χ4n) is 2.69. The minimum atomic E-state index is -0.537. The lowest BCUT2D eigenvalue weighted by molar-refractivity contribution is 0.0799. The van der Waals surface area contributed by atoms with E-state index in [1.807, 2.05) is 26.8 Å². The second-order valence-electron chi connectivity index (χ2n) is 6.13. The molecule has 0 saturated carbocycles. The number of rotatable bonds is 3. The molecule has 0 radical (unpaired) electrons. The number of pyridine rings is 1. The van der Waals surface area contributed by atoms with Crippen molar-refractivity contribution in [3.63, 3.8) is 0 Å². The van der Waals surface area contributed by atoms with Crippen LogP contribution in [0.2, 0.25) is 0 Å². The zero-order valence-electron chi connectivity index (χ0n) is 14.4. The smallest absolute Gasteiger partial charge is 0.410 e. The third-order valence-electron chi connectivity index (χ3n) is 3.96. The third kappa shape index (κ3) is 3.67. The standard InChI is InChI=1S/C17H20FN5O2/c1-11(2)25-17(24)22-8-6-13(7-9-22)16-12(3)23(21-20-16)14-4-5-15(18)19-10-14/h4-6,10-11H,7-9H2,1-3H3. The number of halogens is 1. The molecule has 1 aliphatic rings. The van der Waals surface area contributed by atoms with Crippen LogP contribution in [0.15, 0.2) is 24.4 Å². The fourth-order valence-corrected chi connectivity index (χ4v) is 2.69. The summed E-state index contributed by atoms with van der Waals surface area (Å²) in [6.07, 6.45) is 3.62. The highest BCUT2D eigenvalue weighted by atomic mass is 19.1. The summed E-state index contributed by atoms with van der Waals surface area (Å²) >= 11 is 0. The van der Waals surface area contributed by atoms with Gasteiger partial charge < -0.3 is 9.64 Å². The molecule has 0 saturated heterocycles. The van der Waals surface area contributed by atoms with Crippen LogP contribution in [0.5, 0.6) is 0 Å².